The van der Waals surface area contributed by atoms with Gasteiger partial charge in [0.1, 0.15) is 5.82 Å². The van der Waals surface area contributed by atoms with Crippen LogP contribution < -0.4 is 0 Å². The van der Waals surface area contributed by atoms with E-state index >= 15 is 0 Å². The molecule has 1 aliphatic carbocycles. The van der Waals surface area contributed by atoms with Crippen molar-refractivity contribution in [2.24, 2.45) is 17.3 Å². The minimum absolute atomic E-state index is 0.0158. The van der Waals surface area contributed by atoms with E-state index in [1.165, 1.54) is 6.42 Å². The molecule has 0 radical (unpaired) electrons. The first-order chi connectivity index (χ1) is 9.31. The monoisotopic (exact) mass is 316 g/mol. The van der Waals surface area contributed by atoms with Crippen LogP contribution in [0.5, 0.6) is 0 Å². The molecule has 3 atom stereocenters. The zero-order valence-electron chi connectivity index (χ0n) is 12.4. The summed E-state index contributed by atoms with van der Waals surface area (Å²) in [5, 5.41) is 0.397. The molecular weight excluding hydrogens is 294 g/mol. The number of alkyl halides is 1. The first kappa shape index (κ1) is 16.1. The zero-order chi connectivity index (χ0) is 14.9. The molecule has 3 unspecified atom stereocenters. The predicted octanol–water partition coefficient (Wildman–Crippen LogP) is 6.09. The number of halogens is 3. The largest absolute Gasteiger partial charge is 0.205 e. The molecule has 0 spiro atoms. The highest BCUT2D eigenvalue weighted by atomic mass is 35.5. The fourth-order valence-corrected chi connectivity index (χ4v) is 4.46. The van der Waals surface area contributed by atoms with E-state index in [4.69, 9.17) is 23.2 Å². The second kappa shape index (κ2) is 6.23. The van der Waals surface area contributed by atoms with E-state index < -0.39 is 0 Å². The molecule has 0 aliphatic heterocycles. The van der Waals surface area contributed by atoms with Crippen LogP contribution in [0.4, 0.5) is 4.39 Å². The van der Waals surface area contributed by atoms with Crippen molar-refractivity contribution < 1.29 is 4.39 Å². The quantitative estimate of drug-likeness (QED) is 0.592. The van der Waals surface area contributed by atoms with Crippen LogP contribution >= 0.6 is 23.2 Å². The van der Waals surface area contributed by atoms with Crippen molar-refractivity contribution in [3.63, 3.8) is 0 Å². The second-order valence-corrected chi connectivity index (χ2v) is 7.89. The molecule has 0 nitrogen and oxygen atoms in total. The molecule has 112 valence electrons. The summed E-state index contributed by atoms with van der Waals surface area (Å²) in [4.78, 5) is 0. The van der Waals surface area contributed by atoms with Gasteiger partial charge in [0.05, 0.1) is 5.02 Å². The number of hydrogen-bond acceptors (Lipinski definition) is 0. The third-order valence-electron chi connectivity index (χ3n) is 4.72. The maximum Gasteiger partial charge on any atom is 0.144 e. The lowest BCUT2D eigenvalue weighted by Gasteiger charge is -2.42. The van der Waals surface area contributed by atoms with Crippen LogP contribution in [0.25, 0.3) is 0 Å². The molecule has 0 N–H and O–H groups in total. The lowest BCUT2D eigenvalue weighted by molar-refractivity contribution is 0.141. The Hall–Kier alpha value is -0.270. The van der Waals surface area contributed by atoms with Crippen molar-refractivity contribution in [1.82, 2.24) is 0 Å². The topological polar surface area (TPSA) is 0 Å². The molecule has 0 saturated heterocycles. The normalized spacial score (nSPS) is 27.6. The average Bonchev–Trinajstić information content (AvgIpc) is 2.34. The fourth-order valence-electron chi connectivity index (χ4n) is 3.50. The zero-order valence-corrected chi connectivity index (χ0v) is 13.9. The molecule has 2 rings (SSSR count). The summed E-state index contributed by atoms with van der Waals surface area (Å²) in [6, 6.07) is 5.25. The molecule has 0 amide bonds. The van der Waals surface area contributed by atoms with E-state index in [-0.39, 0.29) is 21.6 Å². The lowest BCUT2D eigenvalue weighted by Crippen LogP contribution is -2.37. The summed E-state index contributed by atoms with van der Waals surface area (Å²) in [6.45, 7) is 6.65. The van der Waals surface area contributed by atoms with Crippen LogP contribution in [-0.4, -0.2) is 5.38 Å². The molecule has 0 heterocycles. The molecule has 0 bridgehead atoms. The van der Waals surface area contributed by atoms with Gasteiger partial charge in [-0.05, 0) is 48.1 Å². The Kier molecular flexibility index (Phi) is 5.02. The van der Waals surface area contributed by atoms with Gasteiger partial charge in [-0.1, -0.05) is 50.9 Å². The molecule has 20 heavy (non-hydrogen) atoms. The average molecular weight is 317 g/mol. The SMILES string of the molecule is CC1CCC(C(C)(C)Cc2cccc(Cl)c2F)C(Cl)C1. The van der Waals surface area contributed by atoms with E-state index in [0.29, 0.717) is 23.8 Å². The van der Waals surface area contributed by atoms with Crippen molar-refractivity contribution in [3.05, 3.63) is 34.6 Å². The van der Waals surface area contributed by atoms with Gasteiger partial charge in [-0.2, -0.15) is 0 Å². The minimum atomic E-state index is -0.280. The summed E-state index contributed by atoms with van der Waals surface area (Å²) < 4.78 is 14.1. The second-order valence-electron chi connectivity index (χ2n) is 6.92. The van der Waals surface area contributed by atoms with Crippen molar-refractivity contribution >= 4 is 23.2 Å². The van der Waals surface area contributed by atoms with E-state index in [9.17, 15) is 4.39 Å². The van der Waals surface area contributed by atoms with Gasteiger partial charge in [-0.15, -0.1) is 11.6 Å². The van der Waals surface area contributed by atoms with E-state index in [2.05, 4.69) is 20.8 Å². The van der Waals surface area contributed by atoms with Crippen LogP contribution in [0.15, 0.2) is 18.2 Å². The Labute approximate surface area is 131 Å². The Balaban J connectivity index is 2.16. The summed E-state index contributed by atoms with van der Waals surface area (Å²) in [7, 11) is 0. The van der Waals surface area contributed by atoms with Crippen molar-refractivity contribution in [1.29, 1.82) is 0 Å². The minimum Gasteiger partial charge on any atom is -0.205 e. The van der Waals surface area contributed by atoms with E-state index in [0.717, 1.165) is 12.8 Å². The van der Waals surface area contributed by atoms with Crippen LogP contribution in [0, 0.1) is 23.1 Å². The fraction of sp³-hybridized carbons (Fsp3) is 0.647. The van der Waals surface area contributed by atoms with Crippen LogP contribution in [-0.2, 0) is 6.42 Å². The molecule has 1 saturated carbocycles. The predicted molar refractivity (Wildman–Crippen MR) is 85.0 cm³/mol. The molecule has 1 aliphatic rings. The highest BCUT2D eigenvalue weighted by Gasteiger charge is 2.38. The summed E-state index contributed by atoms with van der Waals surface area (Å²) in [6.07, 6.45) is 4.09. The summed E-state index contributed by atoms with van der Waals surface area (Å²) in [5.74, 6) is 0.851. The maximum atomic E-state index is 14.1. The molecular formula is C17H23Cl2F. The Morgan fingerprint density at radius 3 is 2.65 bits per heavy atom. The van der Waals surface area contributed by atoms with Gasteiger partial charge in [-0.25, -0.2) is 4.39 Å². The Morgan fingerprint density at radius 1 is 1.30 bits per heavy atom. The first-order valence-electron chi connectivity index (χ1n) is 7.38. The van der Waals surface area contributed by atoms with Gasteiger partial charge in [-0.3, -0.25) is 0 Å². The molecule has 3 heteroatoms. The van der Waals surface area contributed by atoms with Gasteiger partial charge in [0.25, 0.3) is 0 Å². The van der Waals surface area contributed by atoms with Crippen molar-refractivity contribution in [2.75, 3.05) is 0 Å². The third kappa shape index (κ3) is 3.49. The highest BCUT2D eigenvalue weighted by Crippen LogP contribution is 2.44. The number of hydrogen-bond donors (Lipinski definition) is 0. The maximum absolute atomic E-state index is 14.1. The number of rotatable bonds is 3. The van der Waals surface area contributed by atoms with E-state index in [1.54, 1.807) is 6.07 Å². The van der Waals surface area contributed by atoms with Crippen LogP contribution in [0.2, 0.25) is 5.02 Å². The highest BCUT2D eigenvalue weighted by molar-refractivity contribution is 6.30. The van der Waals surface area contributed by atoms with Gasteiger partial charge in [0, 0.05) is 5.38 Å². The number of benzene rings is 1. The molecule has 0 aromatic heterocycles. The van der Waals surface area contributed by atoms with Gasteiger partial charge in [0.2, 0.25) is 0 Å². The Morgan fingerprint density at radius 2 is 2.00 bits per heavy atom. The van der Waals surface area contributed by atoms with Crippen molar-refractivity contribution in [2.45, 2.75) is 51.8 Å². The smallest absolute Gasteiger partial charge is 0.144 e. The molecule has 1 aromatic carbocycles. The van der Waals surface area contributed by atoms with Crippen LogP contribution in [0.3, 0.4) is 0 Å². The molecule has 1 aromatic rings. The first-order valence-corrected chi connectivity index (χ1v) is 8.19. The van der Waals surface area contributed by atoms with Crippen molar-refractivity contribution in [3.8, 4) is 0 Å². The van der Waals surface area contributed by atoms with Gasteiger partial charge in [0.15, 0.2) is 0 Å². The van der Waals surface area contributed by atoms with E-state index in [1.807, 2.05) is 12.1 Å². The summed E-state index contributed by atoms with van der Waals surface area (Å²) >= 11 is 12.5. The standard InChI is InChI=1S/C17H23Cl2F/c1-11-7-8-13(15(19)9-11)17(2,3)10-12-5-4-6-14(18)16(12)20/h4-6,11,13,15H,7-10H2,1-3H3. The Bertz CT molecular complexity index is 470. The summed E-state index contributed by atoms with van der Waals surface area (Å²) in [5.41, 5.74) is 0.683. The third-order valence-corrected chi connectivity index (χ3v) is 5.49. The van der Waals surface area contributed by atoms with Gasteiger partial charge >= 0.3 is 0 Å². The van der Waals surface area contributed by atoms with Gasteiger partial charge < -0.3 is 0 Å². The van der Waals surface area contributed by atoms with Crippen LogP contribution in [0.1, 0.15) is 45.6 Å². The molecule has 1 fully saturated rings. The lowest BCUT2D eigenvalue weighted by atomic mass is 9.66.